The number of carbonyl (C=O) groups is 2. The maximum absolute atomic E-state index is 13.4. The molecule has 0 N–H and O–H groups in total. The minimum absolute atomic E-state index is 0.0153. The van der Waals surface area contributed by atoms with Crippen molar-refractivity contribution in [2.45, 2.75) is 39.3 Å². The van der Waals surface area contributed by atoms with E-state index < -0.39 is 0 Å². The van der Waals surface area contributed by atoms with Crippen LogP contribution in [0.3, 0.4) is 0 Å². The van der Waals surface area contributed by atoms with E-state index in [9.17, 15) is 9.59 Å². The lowest BCUT2D eigenvalue weighted by Gasteiger charge is -2.31. The first-order valence-electron chi connectivity index (χ1n) is 12.2. The van der Waals surface area contributed by atoms with Gasteiger partial charge in [-0.1, -0.05) is 30.3 Å². The highest BCUT2D eigenvalue weighted by Gasteiger charge is 2.21. The van der Waals surface area contributed by atoms with Crippen molar-refractivity contribution in [2.24, 2.45) is 0 Å². The second-order valence-corrected chi connectivity index (χ2v) is 9.00. The summed E-state index contributed by atoms with van der Waals surface area (Å²) in [6.07, 6.45) is 9.20. The summed E-state index contributed by atoms with van der Waals surface area (Å²) in [4.78, 5) is 40.6. The van der Waals surface area contributed by atoms with Gasteiger partial charge in [0.2, 0.25) is 11.8 Å². The van der Waals surface area contributed by atoms with Crippen LogP contribution in [0.25, 0.3) is 0 Å². The third-order valence-corrected chi connectivity index (χ3v) is 6.34. The van der Waals surface area contributed by atoms with Crippen LogP contribution >= 0.6 is 0 Å². The van der Waals surface area contributed by atoms with Gasteiger partial charge >= 0.3 is 0 Å². The predicted octanol–water partition coefficient (Wildman–Crippen LogP) is 3.70. The molecule has 2 amide bonds. The Balaban J connectivity index is 1.58. The highest BCUT2D eigenvalue weighted by molar-refractivity contribution is 5.92. The molecule has 0 atom stereocenters. The number of para-hydroxylation sites is 1. The summed E-state index contributed by atoms with van der Waals surface area (Å²) in [5, 5.41) is 0. The molecule has 3 aromatic rings. The molecule has 0 saturated carbocycles. The Labute approximate surface area is 207 Å². The second kappa shape index (κ2) is 12.2. The van der Waals surface area contributed by atoms with E-state index in [1.54, 1.807) is 25.5 Å². The molecule has 4 rings (SSSR count). The standard InChI is InChI=1S/C28H33N5O2/c1-23(34)33-17-7-15-31(21-25-9-5-13-30-20-25)14-6-16-32(22-26-10-2-3-11-27(26)33)28(35)18-24-8-4-12-29-19-24/h2-5,8-13,19-20H,6-7,14-18,21-22H2,1H3. The van der Waals surface area contributed by atoms with Gasteiger partial charge in [-0.2, -0.15) is 0 Å². The fraction of sp³-hybridized carbons (Fsp3) is 0.357. The van der Waals surface area contributed by atoms with Crippen molar-refractivity contribution in [3.05, 3.63) is 90.0 Å². The zero-order valence-corrected chi connectivity index (χ0v) is 20.3. The van der Waals surface area contributed by atoms with Gasteiger partial charge in [0.25, 0.3) is 0 Å². The summed E-state index contributed by atoms with van der Waals surface area (Å²) in [6.45, 7) is 5.91. The normalized spacial score (nSPS) is 15.6. The summed E-state index contributed by atoms with van der Waals surface area (Å²) < 4.78 is 0. The van der Waals surface area contributed by atoms with Crippen LogP contribution < -0.4 is 4.90 Å². The molecule has 1 aliphatic rings. The fourth-order valence-electron chi connectivity index (χ4n) is 4.60. The molecular weight excluding hydrogens is 438 g/mol. The van der Waals surface area contributed by atoms with Crippen LogP contribution in [0.5, 0.6) is 0 Å². The molecule has 7 nitrogen and oxygen atoms in total. The van der Waals surface area contributed by atoms with Crippen molar-refractivity contribution < 1.29 is 9.59 Å². The van der Waals surface area contributed by atoms with Gasteiger partial charge < -0.3 is 9.80 Å². The van der Waals surface area contributed by atoms with Crippen molar-refractivity contribution in [2.75, 3.05) is 31.1 Å². The van der Waals surface area contributed by atoms with Crippen molar-refractivity contribution in [1.29, 1.82) is 0 Å². The van der Waals surface area contributed by atoms with Crippen LogP contribution in [0.4, 0.5) is 5.69 Å². The monoisotopic (exact) mass is 471 g/mol. The number of amides is 2. The Hall–Kier alpha value is -3.58. The van der Waals surface area contributed by atoms with Gasteiger partial charge in [0.05, 0.1) is 6.42 Å². The molecule has 2 aromatic heterocycles. The number of benzene rings is 1. The number of aromatic nitrogens is 2. The van der Waals surface area contributed by atoms with E-state index in [1.165, 1.54) is 0 Å². The van der Waals surface area contributed by atoms with E-state index >= 15 is 0 Å². The summed E-state index contributed by atoms with van der Waals surface area (Å²) in [7, 11) is 0. The topological polar surface area (TPSA) is 69.6 Å². The van der Waals surface area contributed by atoms with Crippen LogP contribution in [-0.4, -0.2) is 57.8 Å². The SMILES string of the molecule is CC(=O)N1CCCN(Cc2cccnc2)CCCN(C(=O)Cc2cccnc2)Cc2ccccc21. The van der Waals surface area contributed by atoms with Crippen molar-refractivity contribution in [3.63, 3.8) is 0 Å². The van der Waals surface area contributed by atoms with E-state index in [0.717, 1.165) is 54.9 Å². The van der Waals surface area contributed by atoms with Gasteiger partial charge in [-0.05, 0) is 47.7 Å². The molecule has 7 heteroatoms. The zero-order chi connectivity index (χ0) is 24.5. The minimum Gasteiger partial charge on any atom is -0.338 e. The van der Waals surface area contributed by atoms with E-state index in [-0.39, 0.29) is 11.8 Å². The third-order valence-electron chi connectivity index (χ3n) is 6.34. The number of nitrogens with zero attached hydrogens (tertiary/aromatic N) is 5. The molecule has 35 heavy (non-hydrogen) atoms. The predicted molar refractivity (Wildman–Crippen MR) is 137 cm³/mol. The molecule has 0 radical (unpaired) electrons. The van der Waals surface area contributed by atoms with Crippen LogP contribution in [0.15, 0.2) is 73.3 Å². The lowest BCUT2D eigenvalue weighted by Crippen LogP contribution is -2.38. The van der Waals surface area contributed by atoms with Gasteiger partial charge in [0, 0.05) is 76.7 Å². The quantitative estimate of drug-likeness (QED) is 0.580. The molecule has 0 saturated heterocycles. The molecule has 0 spiro atoms. The number of carbonyl (C=O) groups excluding carboxylic acids is 2. The molecule has 0 aliphatic carbocycles. The van der Waals surface area contributed by atoms with E-state index in [2.05, 4.69) is 20.9 Å². The van der Waals surface area contributed by atoms with Crippen LogP contribution in [0.1, 0.15) is 36.5 Å². The third kappa shape index (κ3) is 6.96. The number of pyridine rings is 2. The first-order chi connectivity index (χ1) is 17.1. The largest absolute Gasteiger partial charge is 0.338 e. The summed E-state index contributed by atoms with van der Waals surface area (Å²) in [6, 6.07) is 15.8. The lowest BCUT2D eigenvalue weighted by atomic mass is 10.1. The Kier molecular flexibility index (Phi) is 8.57. The highest BCUT2D eigenvalue weighted by atomic mass is 16.2. The number of hydrogen-bond donors (Lipinski definition) is 0. The minimum atomic E-state index is 0.0153. The van der Waals surface area contributed by atoms with Crippen molar-refractivity contribution >= 4 is 17.5 Å². The first-order valence-corrected chi connectivity index (χ1v) is 12.2. The smallest absolute Gasteiger partial charge is 0.227 e. The average molecular weight is 472 g/mol. The van der Waals surface area contributed by atoms with E-state index in [0.29, 0.717) is 26.1 Å². The van der Waals surface area contributed by atoms with E-state index in [1.807, 2.05) is 58.5 Å². The summed E-state index contributed by atoms with van der Waals surface area (Å²) >= 11 is 0. The van der Waals surface area contributed by atoms with E-state index in [4.69, 9.17) is 0 Å². The molecule has 1 aromatic carbocycles. The number of hydrogen-bond acceptors (Lipinski definition) is 5. The van der Waals surface area contributed by atoms with Crippen LogP contribution in [-0.2, 0) is 29.1 Å². The molecule has 3 heterocycles. The Morgan fingerprint density at radius 1 is 0.829 bits per heavy atom. The van der Waals surface area contributed by atoms with Gasteiger partial charge in [-0.25, -0.2) is 0 Å². The summed E-state index contributed by atoms with van der Waals surface area (Å²) in [5.41, 5.74) is 3.95. The molecular formula is C28H33N5O2. The Morgan fingerprint density at radius 3 is 2.20 bits per heavy atom. The average Bonchev–Trinajstić information content (AvgIpc) is 2.86. The van der Waals surface area contributed by atoms with Crippen LogP contribution in [0, 0.1) is 0 Å². The van der Waals surface area contributed by atoms with Gasteiger partial charge in [-0.15, -0.1) is 0 Å². The van der Waals surface area contributed by atoms with Gasteiger partial charge in [0.15, 0.2) is 0 Å². The number of rotatable bonds is 4. The van der Waals surface area contributed by atoms with Crippen LogP contribution in [0.2, 0.25) is 0 Å². The molecule has 0 fully saturated rings. The highest BCUT2D eigenvalue weighted by Crippen LogP contribution is 2.24. The van der Waals surface area contributed by atoms with Gasteiger partial charge in [0.1, 0.15) is 0 Å². The maximum Gasteiger partial charge on any atom is 0.227 e. The Morgan fingerprint density at radius 2 is 1.51 bits per heavy atom. The Bertz CT molecular complexity index is 1110. The first kappa shape index (κ1) is 24.5. The number of fused-ring (bicyclic) bond motifs is 1. The van der Waals surface area contributed by atoms with Crippen molar-refractivity contribution in [3.8, 4) is 0 Å². The molecule has 1 aliphatic heterocycles. The second-order valence-electron chi connectivity index (χ2n) is 9.00. The number of anilines is 1. The molecule has 0 bridgehead atoms. The summed E-state index contributed by atoms with van der Waals surface area (Å²) in [5.74, 6) is 0.0830. The lowest BCUT2D eigenvalue weighted by molar-refractivity contribution is -0.131. The molecule has 182 valence electrons. The molecule has 0 unspecified atom stereocenters. The van der Waals surface area contributed by atoms with Crippen molar-refractivity contribution in [1.82, 2.24) is 19.8 Å². The fourth-order valence-corrected chi connectivity index (χ4v) is 4.60. The zero-order valence-electron chi connectivity index (χ0n) is 20.3. The maximum atomic E-state index is 13.4. The van der Waals surface area contributed by atoms with Gasteiger partial charge in [-0.3, -0.25) is 24.5 Å².